The second-order valence-electron chi connectivity index (χ2n) is 4.23. The molecule has 0 bridgehead atoms. The van der Waals surface area contributed by atoms with Gasteiger partial charge >= 0.3 is 5.91 Å². The summed E-state index contributed by atoms with van der Waals surface area (Å²) in [4.78, 5) is 34.4. The summed E-state index contributed by atoms with van der Waals surface area (Å²) in [5.74, 6) is -1.13. The summed E-state index contributed by atoms with van der Waals surface area (Å²) in [7, 11) is 0. The molecule has 1 N–H and O–H groups in total. The maximum absolute atomic E-state index is 12.0. The molecule has 0 aliphatic rings. The van der Waals surface area contributed by atoms with Gasteiger partial charge in [-0.3, -0.25) is 19.8 Å². The molecule has 2 amide bonds. The monoisotopic (exact) mass is 297 g/mol. The highest BCUT2D eigenvalue weighted by Crippen LogP contribution is 2.03. The quantitative estimate of drug-likeness (QED) is 0.671. The van der Waals surface area contributed by atoms with Crippen LogP contribution in [0.1, 0.15) is 16.1 Å². The first kappa shape index (κ1) is 15.2. The smallest absolute Gasteiger partial charge is 0.305 e. The molecule has 0 saturated carbocycles. The summed E-state index contributed by atoms with van der Waals surface area (Å²) < 4.78 is 4.92. The fraction of sp³-hybridized carbons (Fsp3) is 0.0625. The van der Waals surface area contributed by atoms with Crippen molar-refractivity contribution in [3.8, 4) is 0 Å². The SMILES string of the molecule is O=[C]CN(NC(=O)c1ccco1)C(=O)C=Cc1ccccc1. The zero-order chi connectivity index (χ0) is 15.8. The molecule has 0 saturated heterocycles. The molecule has 2 rings (SSSR count). The molecule has 1 heterocycles. The summed E-state index contributed by atoms with van der Waals surface area (Å²) >= 11 is 0. The van der Waals surface area contributed by atoms with Crippen LogP contribution in [-0.2, 0) is 9.59 Å². The van der Waals surface area contributed by atoms with Crippen LogP contribution in [0.2, 0.25) is 0 Å². The lowest BCUT2D eigenvalue weighted by atomic mass is 10.2. The Hall–Kier alpha value is -3.15. The second kappa shape index (κ2) is 7.58. The number of hydrogen-bond donors (Lipinski definition) is 1. The van der Waals surface area contributed by atoms with Gasteiger partial charge in [-0.15, -0.1) is 0 Å². The average molecular weight is 297 g/mol. The lowest BCUT2D eigenvalue weighted by Crippen LogP contribution is -2.46. The van der Waals surface area contributed by atoms with Crippen molar-refractivity contribution in [2.24, 2.45) is 0 Å². The molecule has 1 aromatic heterocycles. The molecule has 1 aromatic carbocycles. The molecule has 0 aliphatic carbocycles. The number of nitrogens with one attached hydrogen (secondary N) is 1. The summed E-state index contributed by atoms with van der Waals surface area (Å²) in [5, 5.41) is 0.858. The van der Waals surface area contributed by atoms with Crippen LogP contribution in [0.4, 0.5) is 0 Å². The van der Waals surface area contributed by atoms with Gasteiger partial charge in [-0.05, 0) is 23.8 Å². The van der Waals surface area contributed by atoms with Crippen LogP contribution in [0, 0.1) is 0 Å². The summed E-state index contributed by atoms with van der Waals surface area (Å²) in [5.41, 5.74) is 3.12. The van der Waals surface area contributed by atoms with Gasteiger partial charge in [0, 0.05) is 6.08 Å². The van der Waals surface area contributed by atoms with Gasteiger partial charge in [-0.2, -0.15) is 0 Å². The van der Waals surface area contributed by atoms with Crippen LogP contribution in [0.3, 0.4) is 0 Å². The third-order valence-electron chi connectivity index (χ3n) is 2.69. The van der Waals surface area contributed by atoms with Gasteiger partial charge in [0.25, 0.3) is 5.91 Å². The topological polar surface area (TPSA) is 79.6 Å². The zero-order valence-corrected chi connectivity index (χ0v) is 11.6. The zero-order valence-electron chi connectivity index (χ0n) is 11.6. The Morgan fingerprint density at radius 3 is 2.59 bits per heavy atom. The predicted octanol–water partition coefficient (Wildman–Crippen LogP) is 1.58. The second-order valence-corrected chi connectivity index (χ2v) is 4.23. The molecule has 0 atom stereocenters. The van der Waals surface area contributed by atoms with Gasteiger partial charge in [-0.1, -0.05) is 30.3 Å². The molecule has 6 heteroatoms. The van der Waals surface area contributed by atoms with Crippen molar-refractivity contribution in [3.05, 3.63) is 66.1 Å². The molecule has 0 spiro atoms. The van der Waals surface area contributed by atoms with Gasteiger partial charge in [0.15, 0.2) is 5.76 Å². The Morgan fingerprint density at radius 2 is 1.95 bits per heavy atom. The first-order valence-corrected chi connectivity index (χ1v) is 6.45. The number of hydrazine groups is 1. The van der Waals surface area contributed by atoms with Crippen LogP contribution < -0.4 is 5.43 Å². The Balaban J connectivity index is 2.03. The van der Waals surface area contributed by atoms with Gasteiger partial charge in [0.1, 0.15) is 6.54 Å². The number of hydrogen-bond acceptors (Lipinski definition) is 4. The highest BCUT2D eigenvalue weighted by atomic mass is 16.3. The summed E-state index contributed by atoms with van der Waals surface area (Å²) in [6.07, 6.45) is 5.75. The predicted molar refractivity (Wildman–Crippen MR) is 79.1 cm³/mol. The number of furan rings is 1. The first-order chi connectivity index (χ1) is 10.7. The van der Waals surface area contributed by atoms with Crippen molar-refractivity contribution in [1.29, 1.82) is 0 Å². The fourth-order valence-corrected chi connectivity index (χ4v) is 1.64. The molecule has 1 radical (unpaired) electrons. The first-order valence-electron chi connectivity index (χ1n) is 6.45. The fourth-order valence-electron chi connectivity index (χ4n) is 1.64. The number of rotatable bonds is 5. The van der Waals surface area contributed by atoms with E-state index in [9.17, 15) is 14.4 Å². The minimum atomic E-state index is -0.623. The lowest BCUT2D eigenvalue weighted by Gasteiger charge is -2.18. The lowest BCUT2D eigenvalue weighted by molar-refractivity contribution is -0.127. The van der Waals surface area contributed by atoms with Gasteiger partial charge < -0.3 is 4.42 Å². The molecule has 0 aliphatic heterocycles. The van der Waals surface area contributed by atoms with Crippen LogP contribution >= 0.6 is 0 Å². The minimum absolute atomic E-state index is 0.0377. The Morgan fingerprint density at radius 1 is 1.18 bits per heavy atom. The van der Waals surface area contributed by atoms with E-state index in [0.717, 1.165) is 10.6 Å². The number of benzene rings is 1. The van der Waals surface area contributed by atoms with E-state index < -0.39 is 11.8 Å². The van der Waals surface area contributed by atoms with Crippen molar-refractivity contribution in [1.82, 2.24) is 10.4 Å². The number of carbonyl (C=O) groups excluding carboxylic acids is 3. The molecule has 6 nitrogen and oxygen atoms in total. The van der Waals surface area contributed by atoms with Crippen LogP contribution in [0.5, 0.6) is 0 Å². The summed E-state index contributed by atoms with van der Waals surface area (Å²) in [6, 6.07) is 12.2. The van der Waals surface area contributed by atoms with E-state index in [1.54, 1.807) is 18.4 Å². The Labute approximate surface area is 127 Å². The van der Waals surface area contributed by atoms with E-state index in [1.807, 2.05) is 30.3 Å². The third kappa shape index (κ3) is 4.17. The van der Waals surface area contributed by atoms with Gasteiger partial charge in [-0.25, -0.2) is 5.01 Å². The van der Waals surface area contributed by atoms with Crippen molar-refractivity contribution < 1.29 is 18.8 Å². The maximum atomic E-state index is 12.0. The molecule has 0 unspecified atom stereocenters. The Kier molecular flexibility index (Phi) is 5.25. The van der Waals surface area contributed by atoms with E-state index in [4.69, 9.17) is 4.42 Å². The maximum Gasteiger partial charge on any atom is 0.305 e. The summed E-state index contributed by atoms with van der Waals surface area (Å²) in [6.45, 7) is -0.385. The van der Waals surface area contributed by atoms with Crippen LogP contribution in [0.25, 0.3) is 6.08 Å². The van der Waals surface area contributed by atoms with Crippen LogP contribution in [0.15, 0.2) is 59.2 Å². The normalized spacial score (nSPS) is 10.4. The van der Waals surface area contributed by atoms with E-state index in [1.165, 1.54) is 18.4 Å². The van der Waals surface area contributed by atoms with E-state index >= 15 is 0 Å². The standard InChI is InChI=1S/C16H13N2O4/c19-11-10-18(17-16(21)14-7-4-12-22-14)15(20)9-8-13-5-2-1-3-6-13/h1-9,12H,10H2,(H,17,21). The molecular weight excluding hydrogens is 284 g/mol. The van der Waals surface area contributed by atoms with Crippen molar-refractivity contribution >= 4 is 24.2 Å². The van der Waals surface area contributed by atoms with Gasteiger partial charge in [0.05, 0.1) is 6.26 Å². The largest absolute Gasteiger partial charge is 0.459 e. The highest BCUT2D eigenvalue weighted by Gasteiger charge is 2.16. The highest BCUT2D eigenvalue weighted by molar-refractivity contribution is 5.97. The van der Waals surface area contributed by atoms with E-state index in [2.05, 4.69) is 5.43 Å². The molecule has 111 valence electrons. The number of carbonyl (C=O) groups is 2. The average Bonchev–Trinajstić information content (AvgIpc) is 3.07. The molecule has 0 fully saturated rings. The Bertz CT molecular complexity index is 663. The van der Waals surface area contributed by atoms with E-state index in [-0.39, 0.29) is 12.3 Å². The number of amides is 2. The van der Waals surface area contributed by atoms with Crippen LogP contribution in [-0.4, -0.2) is 29.7 Å². The minimum Gasteiger partial charge on any atom is -0.459 e. The van der Waals surface area contributed by atoms with Gasteiger partial charge in [0.2, 0.25) is 6.29 Å². The van der Waals surface area contributed by atoms with Crippen molar-refractivity contribution in [2.75, 3.05) is 6.54 Å². The van der Waals surface area contributed by atoms with E-state index in [0.29, 0.717) is 0 Å². The number of nitrogens with zero attached hydrogens (tertiary/aromatic N) is 1. The molecule has 22 heavy (non-hydrogen) atoms. The van der Waals surface area contributed by atoms with Crippen molar-refractivity contribution in [2.45, 2.75) is 0 Å². The van der Waals surface area contributed by atoms with Crippen molar-refractivity contribution in [3.63, 3.8) is 0 Å². The molecular formula is C16H13N2O4. The third-order valence-corrected chi connectivity index (χ3v) is 2.69. The molecule has 2 aromatic rings.